The minimum absolute atomic E-state index is 0.121. The fourth-order valence-corrected chi connectivity index (χ4v) is 1.56. The van der Waals surface area contributed by atoms with Crippen LogP contribution in [-0.4, -0.2) is 31.5 Å². The molecule has 18 heavy (non-hydrogen) atoms. The van der Waals surface area contributed by atoms with Gasteiger partial charge in [-0.15, -0.1) is 0 Å². The van der Waals surface area contributed by atoms with E-state index in [2.05, 4.69) is 37.7 Å². The Bertz CT molecular complexity index is 211. The van der Waals surface area contributed by atoms with Gasteiger partial charge in [-0.2, -0.15) is 13.2 Å². The first kappa shape index (κ1) is 17.7. The van der Waals surface area contributed by atoms with Crippen LogP contribution in [0.4, 0.5) is 13.2 Å². The molecule has 1 unspecified atom stereocenters. The third-order valence-electron chi connectivity index (χ3n) is 2.54. The Kier molecular flexibility index (Phi) is 7.87. The smallest absolute Gasteiger partial charge is 0.372 e. The van der Waals surface area contributed by atoms with E-state index in [-0.39, 0.29) is 12.1 Å². The highest BCUT2D eigenvalue weighted by molar-refractivity contribution is 4.70. The molecule has 0 aromatic heterocycles. The first-order chi connectivity index (χ1) is 8.10. The van der Waals surface area contributed by atoms with Crippen molar-refractivity contribution in [3.63, 3.8) is 0 Å². The van der Waals surface area contributed by atoms with E-state index < -0.39 is 12.8 Å². The van der Waals surface area contributed by atoms with E-state index in [0.717, 1.165) is 19.4 Å². The summed E-state index contributed by atoms with van der Waals surface area (Å²) in [4.78, 5) is 0. The molecule has 0 aromatic rings. The Hall–Kier alpha value is -0.290. The Labute approximate surface area is 108 Å². The van der Waals surface area contributed by atoms with E-state index in [1.807, 2.05) is 0 Å². The fraction of sp³-hybridized carbons (Fsp3) is 1.00. The van der Waals surface area contributed by atoms with Gasteiger partial charge in [-0.1, -0.05) is 6.92 Å². The number of hydrogen-bond acceptors (Lipinski definition) is 2. The van der Waals surface area contributed by atoms with E-state index in [9.17, 15) is 13.2 Å². The molecule has 0 radical (unpaired) electrons. The molecule has 0 aliphatic heterocycles. The van der Waals surface area contributed by atoms with Crippen LogP contribution >= 0.6 is 0 Å². The molecule has 1 N–H and O–H groups in total. The molecule has 0 bridgehead atoms. The highest BCUT2D eigenvalue weighted by Gasteiger charge is 2.27. The first-order valence-corrected chi connectivity index (χ1v) is 6.50. The zero-order chi connectivity index (χ0) is 14.2. The van der Waals surface area contributed by atoms with Crippen molar-refractivity contribution in [2.24, 2.45) is 5.92 Å². The van der Waals surface area contributed by atoms with E-state index in [4.69, 9.17) is 0 Å². The summed E-state index contributed by atoms with van der Waals surface area (Å²) in [5.74, 6) is 0.509. The van der Waals surface area contributed by atoms with Crippen LogP contribution < -0.4 is 5.32 Å². The highest BCUT2D eigenvalue weighted by atomic mass is 19.4. The van der Waals surface area contributed by atoms with Gasteiger partial charge in [0.25, 0.3) is 0 Å². The number of rotatable bonds is 8. The van der Waals surface area contributed by atoms with E-state index in [0.29, 0.717) is 12.3 Å². The second-order valence-electron chi connectivity index (χ2n) is 5.88. The number of halogens is 3. The van der Waals surface area contributed by atoms with Crippen molar-refractivity contribution in [3.8, 4) is 0 Å². The van der Waals surface area contributed by atoms with Crippen LogP contribution in [0.1, 0.15) is 47.0 Å². The van der Waals surface area contributed by atoms with Crippen LogP contribution in [0.2, 0.25) is 0 Å². The third kappa shape index (κ3) is 13.8. The number of alkyl halides is 3. The van der Waals surface area contributed by atoms with Crippen LogP contribution in [0.15, 0.2) is 0 Å². The van der Waals surface area contributed by atoms with Crippen molar-refractivity contribution < 1.29 is 17.9 Å². The van der Waals surface area contributed by atoms with Gasteiger partial charge in [0.05, 0.1) is 0 Å². The molecule has 5 heteroatoms. The maximum Gasteiger partial charge on any atom is 0.411 e. The van der Waals surface area contributed by atoms with Crippen molar-refractivity contribution in [1.82, 2.24) is 5.32 Å². The van der Waals surface area contributed by atoms with Gasteiger partial charge in [-0.25, -0.2) is 0 Å². The van der Waals surface area contributed by atoms with Gasteiger partial charge in [0.1, 0.15) is 6.61 Å². The van der Waals surface area contributed by atoms with Crippen molar-refractivity contribution in [3.05, 3.63) is 0 Å². The summed E-state index contributed by atoms with van der Waals surface area (Å²) in [6.07, 6.45) is -1.57. The Balaban J connectivity index is 3.40. The molecular formula is C13H26F3NO. The van der Waals surface area contributed by atoms with Crippen LogP contribution in [0.25, 0.3) is 0 Å². The van der Waals surface area contributed by atoms with Crippen molar-refractivity contribution in [2.75, 3.05) is 19.8 Å². The minimum Gasteiger partial charge on any atom is -0.372 e. The molecule has 0 saturated heterocycles. The molecule has 2 nitrogen and oxygen atoms in total. The number of hydrogen-bond donors (Lipinski definition) is 1. The van der Waals surface area contributed by atoms with Crippen molar-refractivity contribution >= 4 is 0 Å². The molecule has 0 spiro atoms. The normalized spacial score (nSPS) is 14.8. The molecular weight excluding hydrogens is 243 g/mol. The largest absolute Gasteiger partial charge is 0.411 e. The van der Waals surface area contributed by atoms with Gasteiger partial charge in [0.2, 0.25) is 0 Å². The molecule has 0 heterocycles. The number of ether oxygens (including phenoxy) is 1. The summed E-state index contributed by atoms with van der Waals surface area (Å²) < 4.78 is 39.9. The molecule has 0 aromatic carbocycles. The maximum absolute atomic E-state index is 11.8. The summed E-state index contributed by atoms with van der Waals surface area (Å²) in [5.41, 5.74) is 0.121. The zero-order valence-electron chi connectivity index (χ0n) is 11.9. The van der Waals surface area contributed by atoms with Gasteiger partial charge >= 0.3 is 6.18 Å². The van der Waals surface area contributed by atoms with E-state index >= 15 is 0 Å². The quantitative estimate of drug-likeness (QED) is 0.677. The molecule has 0 fully saturated rings. The fourth-order valence-electron chi connectivity index (χ4n) is 1.56. The van der Waals surface area contributed by atoms with Gasteiger partial charge in [0.15, 0.2) is 0 Å². The molecule has 0 aliphatic rings. The second-order valence-corrected chi connectivity index (χ2v) is 5.88. The molecule has 0 saturated carbocycles. The molecule has 1 atom stereocenters. The predicted molar refractivity (Wildman–Crippen MR) is 67.6 cm³/mol. The zero-order valence-corrected chi connectivity index (χ0v) is 11.9. The van der Waals surface area contributed by atoms with Gasteiger partial charge < -0.3 is 10.1 Å². The minimum atomic E-state index is -4.21. The Morgan fingerprint density at radius 1 is 1.11 bits per heavy atom. The average Bonchev–Trinajstić information content (AvgIpc) is 2.13. The van der Waals surface area contributed by atoms with E-state index in [1.165, 1.54) is 0 Å². The summed E-state index contributed by atoms with van der Waals surface area (Å²) in [6.45, 7) is 8.46. The van der Waals surface area contributed by atoms with Gasteiger partial charge in [-0.05, 0) is 52.5 Å². The average molecular weight is 269 g/mol. The topological polar surface area (TPSA) is 21.3 Å². The van der Waals surface area contributed by atoms with Gasteiger partial charge in [-0.3, -0.25) is 0 Å². The lowest BCUT2D eigenvalue weighted by molar-refractivity contribution is -0.174. The Morgan fingerprint density at radius 3 is 2.22 bits per heavy atom. The number of nitrogens with one attached hydrogen (secondary N) is 1. The van der Waals surface area contributed by atoms with Crippen LogP contribution in [-0.2, 0) is 4.74 Å². The predicted octanol–water partition coefficient (Wildman–Crippen LogP) is 3.76. The monoisotopic (exact) mass is 269 g/mol. The van der Waals surface area contributed by atoms with Crippen molar-refractivity contribution in [1.29, 1.82) is 0 Å². The molecule has 0 amide bonds. The SMILES string of the molecule is CC(CCCOCC(F)(F)F)CCNC(C)(C)C. The standard InChI is InChI=1S/C13H26F3NO/c1-11(7-8-17-12(2,3)4)6-5-9-18-10-13(14,15)16/h11,17H,5-10H2,1-4H3. The molecule has 0 rings (SSSR count). The third-order valence-corrected chi connectivity index (χ3v) is 2.54. The Morgan fingerprint density at radius 2 is 1.72 bits per heavy atom. The van der Waals surface area contributed by atoms with Crippen LogP contribution in [0.3, 0.4) is 0 Å². The lowest BCUT2D eigenvalue weighted by Crippen LogP contribution is -2.36. The van der Waals surface area contributed by atoms with E-state index in [1.54, 1.807) is 0 Å². The summed E-state index contributed by atoms with van der Waals surface area (Å²) in [5, 5.41) is 3.39. The van der Waals surface area contributed by atoms with Gasteiger partial charge in [0, 0.05) is 12.1 Å². The molecule has 0 aliphatic carbocycles. The lowest BCUT2D eigenvalue weighted by Gasteiger charge is -2.22. The molecule has 110 valence electrons. The second kappa shape index (κ2) is 8.00. The van der Waals surface area contributed by atoms with Crippen LogP contribution in [0, 0.1) is 5.92 Å². The maximum atomic E-state index is 11.8. The van der Waals surface area contributed by atoms with Crippen molar-refractivity contribution in [2.45, 2.75) is 58.7 Å². The summed E-state index contributed by atoms with van der Waals surface area (Å²) in [7, 11) is 0. The highest BCUT2D eigenvalue weighted by Crippen LogP contribution is 2.15. The summed E-state index contributed by atoms with van der Waals surface area (Å²) >= 11 is 0. The first-order valence-electron chi connectivity index (χ1n) is 6.50. The lowest BCUT2D eigenvalue weighted by atomic mass is 10.0. The van der Waals surface area contributed by atoms with Crippen LogP contribution in [0.5, 0.6) is 0 Å². The summed E-state index contributed by atoms with van der Waals surface area (Å²) in [6, 6.07) is 0.